The minimum Gasteiger partial charge on any atom is -0.469 e. The molecule has 1 aromatic carbocycles. The molecule has 0 fully saturated rings. The Kier molecular flexibility index (Phi) is 9.44. The summed E-state index contributed by atoms with van der Waals surface area (Å²) in [5.41, 5.74) is 2.14. The van der Waals surface area contributed by atoms with Crippen molar-refractivity contribution in [3.63, 3.8) is 0 Å². The average Bonchev–Trinajstić information content (AvgIpc) is 2.51. The van der Waals surface area contributed by atoms with Crippen LogP contribution in [0.15, 0.2) is 24.3 Å². The molecule has 0 amide bonds. The Labute approximate surface area is 126 Å². The summed E-state index contributed by atoms with van der Waals surface area (Å²) >= 11 is 0. The quantitative estimate of drug-likeness (QED) is 0.496. The lowest BCUT2D eigenvalue weighted by Gasteiger charge is -2.10. The van der Waals surface area contributed by atoms with Crippen LogP contribution < -0.4 is 5.32 Å². The molecule has 21 heavy (non-hydrogen) atoms. The van der Waals surface area contributed by atoms with Crippen molar-refractivity contribution in [1.82, 2.24) is 5.32 Å². The van der Waals surface area contributed by atoms with Crippen LogP contribution in [-0.4, -0.2) is 46.6 Å². The maximum atomic E-state index is 11.4. The number of carbonyl (C=O) groups is 1. The molecule has 5 heteroatoms. The fraction of sp³-hybridized carbons (Fsp3) is 0.562. The number of methoxy groups -OCH3 is 2. The van der Waals surface area contributed by atoms with Crippen LogP contribution >= 0.6 is 0 Å². The van der Waals surface area contributed by atoms with Gasteiger partial charge in [-0.3, -0.25) is 4.79 Å². The fourth-order valence-corrected chi connectivity index (χ4v) is 1.90. The minimum absolute atomic E-state index is 0.214. The molecule has 0 aliphatic heterocycles. The first-order valence-electron chi connectivity index (χ1n) is 7.19. The summed E-state index contributed by atoms with van der Waals surface area (Å²) in [6, 6.07) is 7.90. The minimum atomic E-state index is -0.214. The SMILES string of the molecule is COCCOCCCNCc1ccccc1CC(=O)OC. The summed E-state index contributed by atoms with van der Waals surface area (Å²) in [6.45, 7) is 3.61. The Bertz CT molecular complexity index is 409. The van der Waals surface area contributed by atoms with E-state index >= 15 is 0 Å². The lowest BCUT2D eigenvalue weighted by Crippen LogP contribution is -2.18. The van der Waals surface area contributed by atoms with Gasteiger partial charge in [0.05, 0.1) is 26.7 Å². The molecule has 0 radical (unpaired) electrons. The van der Waals surface area contributed by atoms with Gasteiger partial charge in [0.25, 0.3) is 0 Å². The maximum Gasteiger partial charge on any atom is 0.309 e. The van der Waals surface area contributed by atoms with Crippen LogP contribution in [0.3, 0.4) is 0 Å². The number of hydrogen-bond donors (Lipinski definition) is 1. The van der Waals surface area contributed by atoms with Crippen LogP contribution in [0.2, 0.25) is 0 Å². The summed E-state index contributed by atoms with van der Waals surface area (Å²) in [5.74, 6) is -0.214. The first kappa shape index (κ1) is 17.6. The Morgan fingerprint density at radius 2 is 1.86 bits per heavy atom. The fourth-order valence-electron chi connectivity index (χ4n) is 1.90. The van der Waals surface area contributed by atoms with Crippen LogP contribution in [-0.2, 0) is 32.0 Å². The highest BCUT2D eigenvalue weighted by Gasteiger charge is 2.07. The average molecular weight is 295 g/mol. The summed E-state index contributed by atoms with van der Waals surface area (Å²) in [7, 11) is 3.07. The number of carbonyl (C=O) groups excluding carboxylic acids is 1. The lowest BCUT2D eigenvalue weighted by molar-refractivity contribution is -0.139. The van der Waals surface area contributed by atoms with Gasteiger partial charge in [-0.2, -0.15) is 0 Å². The van der Waals surface area contributed by atoms with Crippen LogP contribution in [0.5, 0.6) is 0 Å². The van der Waals surface area contributed by atoms with Gasteiger partial charge in [-0.1, -0.05) is 24.3 Å². The molecule has 0 aromatic heterocycles. The molecule has 0 spiro atoms. The second-order valence-electron chi connectivity index (χ2n) is 4.66. The Hall–Kier alpha value is -1.43. The predicted octanol–water partition coefficient (Wildman–Crippen LogP) is 1.54. The highest BCUT2D eigenvalue weighted by atomic mass is 16.5. The van der Waals surface area contributed by atoms with Gasteiger partial charge < -0.3 is 19.5 Å². The van der Waals surface area contributed by atoms with Gasteiger partial charge in [-0.25, -0.2) is 0 Å². The molecule has 0 unspecified atom stereocenters. The normalized spacial score (nSPS) is 10.6. The van der Waals surface area contributed by atoms with Gasteiger partial charge >= 0.3 is 5.97 Å². The standard InChI is InChI=1S/C16H25NO4/c1-19-10-11-21-9-5-8-17-13-15-7-4-3-6-14(15)12-16(18)20-2/h3-4,6-7,17H,5,8-13H2,1-2H3. The van der Waals surface area contributed by atoms with Crippen molar-refractivity contribution in [2.45, 2.75) is 19.4 Å². The molecular formula is C16H25NO4. The number of benzene rings is 1. The molecule has 0 bridgehead atoms. The highest BCUT2D eigenvalue weighted by Crippen LogP contribution is 2.10. The molecule has 118 valence electrons. The van der Waals surface area contributed by atoms with Crippen molar-refractivity contribution >= 4 is 5.97 Å². The summed E-state index contributed by atoms with van der Waals surface area (Å²) < 4.78 is 15.0. The molecule has 1 N–H and O–H groups in total. The third kappa shape index (κ3) is 7.80. The van der Waals surface area contributed by atoms with Crippen molar-refractivity contribution in [3.8, 4) is 0 Å². The predicted molar refractivity (Wildman–Crippen MR) is 81.2 cm³/mol. The van der Waals surface area contributed by atoms with Gasteiger partial charge in [0.15, 0.2) is 0 Å². The van der Waals surface area contributed by atoms with Crippen molar-refractivity contribution in [3.05, 3.63) is 35.4 Å². The lowest BCUT2D eigenvalue weighted by atomic mass is 10.0. The largest absolute Gasteiger partial charge is 0.469 e. The van der Waals surface area contributed by atoms with Gasteiger partial charge in [0.2, 0.25) is 0 Å². The van der Waals surface area contributed by atoms with E-state index in [1.807, 2.05) is 24.3 Å². The Balaban J connectivity index is 2.24. The van der Waals surface area contributed by atoms with Crippen LogP contribution in [0.1, 0.15) is 17.5 Å². The Morgan fingerprint density at radius 1 is 1.10 bits per heavy atom. The smallest absolute Gasteiger partial charge is 0.309 e. The highest BCUT2D eigenvalue weighted by molar-refractivity contribution is 5.72. The molecule has 0 saturated heterocycles. The molecule has 0 aliphatic rings. The second-order valence-corrected chi connectivity index (χ2v) is 4.66. The van der Waals surface area contributed by atoms with Crippen LogP contribution in [0.25, 0.3) is 0 Å². The maximum absolute atomic E-state index is 11.4. The van der Waals surface area contributed by atoms with Gasteiger partial charge in [-0.05, 0) is 24.1 Å². The molecule has 0 aliphatic carbocycles. The van der Waals surface area contributed by atoms with Crippen molar-refractivity contribution in [2.24, 2.45) is 0 Å². The van der Waals surface area contributed by atoms with E-state index in [1.54, 1.807) is 7.11 Å². The Morgan fingerprint density at radius 3 is 2.57 bits per heavy atom. The first-order chi connectivity index (χ1) is 10.3. The third-order valence-corrected chi connectivity index (χ3v) is 3.07. The van der Waals surface area contributed by atoms with Crippen molar-refractivity contribution < 1.29 is 19.0 Å². The van der Waals surface area contributed by atoms with Gasteiger partial charge in [0, 0.05) is 20.3 Å². The van der Waals surface area contributed by atoms with E-state index < -0.39 is 0 Å². The molecule has 0 saturated carbocycles. The van der Waals surface area contributed by atoms with Crippen LogP contribution in [0, 0.1) is 0 Å². The van der Waals surface area contributed by atoms with Gasteiger partial charge in [-0.15, -0.1) is 0 Å². The zero-order valence-electron chi connectivity index (χ0n) is 12.9. The second kappa shape index (κ2) is 11.3. The van der Waals surface area contributed by atoms with E-state index in [4.69, 9.17) is 14.2 Å². The summed E-state index contributed by atoms with van der Waals surface area (Å²) in [4.78, 5) is 11.4. The van der Waals surface area contributed by atoms with E-state index in [0.29, 0.717) is 19.6 Å². The molecular weight excluding hydrogens is 270 g/mol. The number of rotatable bonds is 11. The van der Waals surface area contributed by atoms with E-state index in [9.17, 15) is 4.79 Å². The van der Waals surface area contributed by atoms with E-state index in [2.05, 4.69) is 5.32 Å². The first-order valence-corrected chi connectivity index (χ1v) is 7.19. The number of hydrogen-bond acceptors (Lipinski definition) is 5. The monoisotopic (exact) mass is 295 g/mol. The molecule has 0 atom stereocenters. The van der Waals surface area contributed by atoms with E-state index in [-0.39, 0.29) is 5.97 Å². The van der Waals surface area contributed by atoms with E-state index in [1.165, 1.54) is 7.11 Å². The summed E-state index contributed by atoms with van der Waals surface area (Å²) in [5, 5.41) is 3.36. The molecule has 5 nitrogen and oxygen atoms in total. The number of ether oxygens (including phenoxy) is 3. The van der Waals surface area contributed by atoms with Crippen molar-refractivity contribution in [1.29, 1.82) is 0 Å². The zero-order valence-corrected chi connectivity index (χ0v) is 12.9. The topological polar surface area (TPSA) is 56.8 Å². The van der Waals surface area contributed by atoms with Crippen LogP contribution in [0.4, 0.5) is 0 Å². The molecule has 1 aromatic rings. The third-order valence-electron chi connectivity index (χ3n) is 3.07. The number of nitrogens with one attached hydrogen (secondary N) is 1. The summed E-state index contributed by atoms with van der Waals surface area (Å²) in [6.07, 6.45) is 1.26. The number of esters is 1. The molecule has 1 rings (SSSR count). The zero-order chi connectivity index (χ0) is 15.3. The van der Waals surface area contributed by atoms with Gasteiger partial charge in [0.1, 0.15) is 0 Å². The molecule has 0 heterocycles. The van der Waals surface area contributed by atoms with Crippen molar-refractivity contribution in [2.75, 3.05) is 40.6 Å². The van der Waals surface area contributed by atoms with E-state index in [0.717, 1.165) is 37.2 Å².